The van der Waals surface area contributed by atoms with Crippen LogP contribution >= 0.6 is 23.1 Å². The summed E-state index contributed by atoms with van der Waals surface area (Å²) in [7, 11) is 1.61. The summed E-state index contributed by atoms with van der Waals surface area (Å²) in [6.07, 6.45) is 5.63. The SMILES string of the molecule is COc1ccccc1-c1nccc(COc2ccccc2CC(Oc2nsc3cnc(C4CCC4)c(-c4ccc(OCCN5CCOCC5)c(Cl)c4C)c23)C(=O)COCc2oc(=O)oc2C)n1. The molecule has 2 aliphatic rings. The number of Topliss-reactive ketones (excluding diaryl/α,β-unsaturated/α-hetero) is 1. The predicted molar refractivity (Wildman–Crippen MR) is 252 cm³/mol. The van der Waals surface area contributed by atoms with Gasteiger partial charge in [-0.15, -0.1) is 0 Å². The van der Waals surface area contributed by atoms with E-state index in [2.05, 4.69) is 9.88 Å². The molecule has 0 bridgehead atoms. The highest BCUT2D eigenvalue weighted by Crippen LogP contribution is 2.48. The molecule has 1 saturated carbocycles. The van der Waals surface area contributed by atoms with Gasteiger partial charge >= 0.3 is 5.82 Å². The molecule has 0 radical (unpaired) electrons. The Labute approximate surface area is 396 Å². The number of carbonyl (C=O) groups excluding carboxylic acids is 1. The van der Waals surface area contributed by atoms with Crippen molar-refractivity contribution in [2.24, 2.45) is 0 Å². The monoisotopic (exact) mass is 947 g/mol. The Bertz CT molecular complexity index is 2910. The Morgan fingerprint density at radius 1 is 0.925 bits per heavy atom. The van der Waals surface area contributed by atoms with Gasteiger partial charge in [-0.2, -0.15) is 4.37 Å². The Morgan fingerprint density at radius 3 is 2.51 bits per heavy atom. The molecule has 0 N–H and O–H groups in total. The van der Waals surface area contributed by atoms with Gasteiger partial charge in [0.05, 0.1) is 52.4 Å². The highest BCUT2D eigenvalue weighted by molar-refractivity contribution is 7.13. The molecule has 1 unspecified atom stereocenters. The van der Waals surface area contributed by atoms with Gasteiger partial charge in [-0.05, 0) is 85.2 Å². The number of ketones is 1. The van der Waals surface area contributed by atoms with E-state index in [1.54, 1.807) is 26.3 Å². The van der Waals surface area contributed by atoms with E-state index in [4.69, 9.17) is 63.2 Å². The quantitative estimate of drug-likeness (QED) is 0.0709. The molecule has 1 atom stereocenters. The number of para-hydroxylation sites is 2. The van der Waals surface area contributed by atoms with Crippen LogP contribution in [0.25, 0.3) is 32.6 Å². The molecule has 348 valence electrons. The van der Waals surface area contributed by atoms with Gasteiger partial charge in [-0.25, -0.2) is 14.8 Å². The van der Waals surface area contributed by atoms with Crippen molar-refractivity contribution in [2.45, 2.75) is 64.8 Å². The number of hydrogen-bond acceptors (Lipinski definition) is 16. The number of fused-ring (bicyclic) bond motifs is 1. The molecule has 17 heteroatoms. The van der Waals surface area contributed by atoms with Crippen LogP contribution in [-0.4, -0.2) is 89.3 Å². The number of morpholine rings is 1. The van der Waals surface area contributed by atoms with E-state index in [9.17, 15) is 9.59 Å². The van der Waals surface area contributed by atoms with Crippen molar-refractivity contribution in [3.05, 3.63) is 129 Å². The van der Waals surface area contributed by atoms with Gasteiger partial charge in [0.1, 0.15) is 49.4 Å². The first-order chi connectivity index (χ1) is 32.7. The van der Waals surface area contributed by atoms with E-state index in [1.807, 2.05) is 73.8 Å². The molecule has 67 heavy (non-hydrogen) atoms. The Kier molecular flexibility index (Phi) is 14.5. The van der Waals surface area contributed by atoms with Gasteiger partial charge in [0.25, 0.3) is 0 Å². The third-order valence-electron chi connectivity index (χ3n) is 12.1. The summed E-state index contributed by atoms with van der Waals surface area (Å²) in [4.78, 5) is 42.7. The maximum absolute atomic E-state index is 14.4. The number of carbonyl (C=O) groups is 1. The minimum absolute atomic E-state index is 0.102. The number of aromatic nitrogens is 4. The highest BCUT2D eigenvalue weighted by atomic mass is 35.5. The van der Waals surface area contributed by atoms with E-state index in [0.717, 1.165) is 90.1 Å². The normalized spacial score (nSPS) is 14.7. The molecular formula is C50H50ClN5O10S. The van der Waals surface area contributed by atoms with Gasteiger partial charge in [0.15, 0.2) is 23.5 Å². The van der Waals surface area contributed by atoms with E-state index >= 15 is 0 Å². The van der Waals surface area contributed by atoms with E-state index in [1.165, 1.54) is 11.5 Å². The molecule has 9 rings (SSSR count). The summed E-state index contributed by atoms with van der Waals surface area (Å²) >= 11 is 8.37. The van der Waals surface area contributed by atoms with E-state index in [-0.39, 0.29) is 55.3 Å². The molecule has 4 aromatic heterocycles. The first kappa shape index (κ1) is 46.0. The lowest BCUT2D eigenvalue weighted by atomic mass is 9.79. The standard InChI is InChI=1S/C50H50ClN5O10S/c1-30-35(15-16-40(46(30)51)62-24-21-56-19-22-60-23-20-56)44-45-43(26-53-47(44)32-10-8-11-32)67-55-49(45)65-41(37(57)28-61-29-42-31(2)64-50(58)66-42)25-33-9-4-6-13-38(33)63-27-34-17-18-52-48(54-34)36-12-5-7-14-39(36)59-3/h4-7,9,12-18,26,32,41H,8,10-11,19-25,27-29H2,1-3H3. The van der Waals surface area contributed by atoms with Crippen LogP contribution in [0.1, 0.15) is 59.2 Å². The lowest BCUT2D eigenvalue weighted by molar-refractivity contribution is -0.131. The maximum atomic E-state index is 14.4. The molecule has 1 aliphatic carbocycles. The van der Waals surface area contributed by atoms with Gasteiger partial charge in [-0.3, -0.25) is 14.7 Å². The van der Waals surface area contributed by atoms with E-state index in [0.29, 0.717) is 46.0 Å². The second-order valence-corrected chi connectivity index (χ2v) is 17.6. The molecule has 0 amide bonds. The third-order valence-corrected chi connectivity index (χ3v) is 13.4. The molecule has 0 spiro atoms. The lowest BCUT2D eigenvalue weighted by Crippen LogP contribution is -2.38. The average Bonchev–Trinajstić information content (AvgIpc) is 3.89. The summed E-state index contributed by atoms with van der Waals surface area (Å²) in [5.41, 5.74) is 5.64. The lowest BCUT2D eigenvalue weighted by Gasteiger charge is -2.28. The predicted octanol–water partition coefficient (Wildman–Crippen LogP) is 8.97. The molecule has 1 saturated heterocycles. The number of methoxy groups -OCH3 is 1. The minimum atomic E-state index is -1.09. The average molecular weight is 948 g/mol. The molecule has 15 nitrogen and oxygen atoms in total. The fourth-order valence-electron chi connectivity index (χ4n) is 8.22. The summed E-state index contributed by atoms with van der Waals surface area (Å²) in [5.74, 6) is 2.08. The Morgan fingerprint density at radius 2 is 1.73 bits per heavy atom. The van der Waals surface area contributed by atoms with Gasteiger partial charge in [-0.1, -0.05) is 54.4 Å². The molecule has 7 aromatic rings. The molecule has 1 aliphatic heterocycles. The number of hydrogen-bond donors (Lipinski definition) is 0. The molecular weight excluding hydrogens is 898 g/mol. The minimum Gasteiger partial charge on any atom is -0.496 e. The van der Waals surface area contributed by atoms with Gasteiger partial charge in [0, 0.05) is 49.9 Å². The van der Waals surface area contributed by atoms with E-state index < -0.39 is 11.9 Å². The molecule has 5 heterocycles. The Balaban J connectivity index is 1.02. The highest BCUT2D eigenvalue weighted by Gasteiger charge is 2.31. The largest absolute Gasteiger partial charge is 0.519 e. The fraction of sp³-hybridized carbons (Fsp3) is 0.360. The third kappa shape index (κ3) is 10.5. The van der Waals surface area contributed by atoms with Crippen LogP contribution in [0.2, 0.25) is 5.02 Å². The van der Waals surface area contributed by atoms with Crippen molar-refractivity contribution in [1.29, 1.82) is 0 Å². The van der Waals surface area contributed by atoms with Crippen LogP contribution in [0.15, 0.2) is 92.8 Å². The van der Waals surface area contributed by atoms with Gasteiger partial charge < -0.3 is 37.3 Å². The second-order valence-electron chi connectivity index (χ2n) is 16.4. The summed E-state index contributed by atoms with van der Waals surface area (Å²) in [5, 5.41) is 1.26. The number of ether oxygens (including phenoxy) is 6. The first-order valence-corrected chi connectivity index (χ1v) is 23.4. The fourth-order valence-corrected chi connectivity index (χ4v) is 9.14. The van der Waals surface area contributed by atoms with Crippen molar-refractivity contribution < 1.29 is 42.1 Å². The van der Waals surface area contributed by atoms with Gasteiger partial charge in [0.2, 0.25) is 5.88 Å². The zero-order chi connectivity index (χ0) is 46.3. The van der Waals surface area contributed by atoms with Crippen molar-refractivity contribution in [3.8, 4) is 45.6 Å². The topological polar surface area (TPSA) is 171 Å². The number of nitrogens with zero attached hydrogens (tertiary/aromatic N) is 5. The maximum Gasteiger partial charge on any atom is 0.519 e. The van der Waals surface area contributed by atoms with Crippen molar-refractivity contribution in [1.82, 2.24) is 24.2 Å². The summed E-state index contributed by atoms with van der Waals surface area (Å²) < 4.78 is 52.1. The smallest absolute Gasteiger partial charge is 0.496 e. The summed E-state index contributed by atoms with van der Waals surface area (Å²) in [6.45, 7) is 7.62. The number of rotatable bonds is 20. The molecule has 3 aromatic carbocycles. The summed E-state index contributed by atoms with van der Waals surface area (Å²) in [6, 6.07) is 20.8. The van der Waals surface area contributed by atoms with Crippen LogP contribution in [-0.2, 0) is 33.9 Å². The van der Waals surface area contributed by atoms with Crippen LogP contribution in [0.5, 0.6) is 23.1 Å². The Hall–Kier alpha value is -6.17. The number of halogens is 1. The van der Waals surface area contributed by atoms with Crippen LogP contribution in [0, 0.1) is 13.8 Å². The molecule has 2 fully saturated rings. The van der Waals surface area contributed by atoms with Crippen LogP contribution in [0.3, 0.4) is 0 Å². The second kappa shape index (κ2) is 21.2. The van der Waals surface area contributed by atoms with Crippen molar-refractivity contribution >= 4 is 39.0 Å². The number of pyridine rings is 1. The zero-order valence-electron chi connectivity index (χ0n) is 37.5. The van der Waals surface area contributed by atoms with Crippen LogP contribution < -0.4 is 24.8 Å². The van der Waals surface area contributed by atoms with Crippen LogP contribution in [0.4, 0.5) is 0 Å². The van der Waals surface area contributed by atoms with Crippen molar-refractivity contribution in [3.63, 3.8) is 0 Å². The first-order valence-electron chi connectivity index (χ1n) is 22.3. The number of aryl methyl sites for hydroxylation is 1. The van der Waals surface area contributed by atoms with Crippen molar-refractivity contribution in [2.75, 3.05) is 53.2 Å². The zero-order valence-corrected chi connectivity index (χ0v) is 39.0. The number of benzene rings is 3.